The first-order valence-corrected chi connectivity index (χ1v) is 13.4. The SMILES string of the molecule is COC(=O)CN1c2c(F)cccc2CN(c2cc(C(F)(F)F)ccc2OC)C1N1CCN(c2cccc(OC)c2)CC1.O.[NaH]. The van der Waals surface area contributed by atoms with Crippen molar-refractivity contribution < 1.29 is 42.0 Å². The average Bonchev–Trinajstić information content (AvgIpc) is 3.00. The molecule has 2 N–H and O–H groups in total. The predicted octanol–water partition coefficient (Wildman–Crippen LogP) is 3.49. The zero-order chi connectivity index (χ0) is 30.0. The van der Waals surface area contributed by atoms with E-state index in [1.807, 2.05) is 29.2 Å². The van der Waals surface area contributed by atoms with Gasteiger partial charge in [0.2, 0.25) is 0 Å². The van der Waals surface area contributed by atoms with Crippen LogP contribution in [0.2, 0.25) is 0 Å². The number of nitrogens with zero attached hydrogens (tertiary/aromatic N) is 4. The zero-order valence-electron chi connectivity index (χ0n) is 24.0. The van der Waals surface area contributed by atoms with Gasteiger partial charge in [-0.15, -0.1) is 0 Å². The van der Waals surface area contributed by atoms with Crippen molar-refractivity contribution in [1.82, 2.24) is 4.90 Å². The molecule has 0 radical (unpaired) electrons. The first-order valence-electron chi connectivity index (χ1n) is 13.4. The Labute approximate surface area is 275 Å². The molecule has 3 aromatic rings. The van der Waals surface area contributed by atoms with E-state index in [4.69, 9.17) is 14.2 Å². The second-order valence-electron chi connectivity index (χ2n) is 10.0. The number of para-hydroxylation sites is 1. The van der Waals surface area contributed by atoms with Gasteiger partial charge in [-0.1, -0.05) is 18.2 Å². The monoisotopic (exact) mass is 630 g/mol. The summed E-state index contributed by atoms with van der Waals surface area (Å²) in [7, 11) is 4.23. The van der Waals surface area contributed by atoms with E-state index < -0.39 is 29.8 Å². The molecular formula is C30H35F4N4NaO5. The molecule has 0 spiro atoms. The number of halogens is 4. The van der Waals surface area contributed by atoms with Crippen LogP contribution in [0.15, 0.2) is 60.7 Å². The van der Waals surface area contributed by atoms with Crippen molar-refractivity contribution in [1.29, 1.82) is 0 Å². The number of hydrogen-bond acceptors (Lipinski definition) is 8. The first kappa shape index (κ1) is 35.3. The Morgan fingerprint density at radius 3 is 2.27 bits per heavy atom. The van der Waals surface area contributed by atoms with Gasteiger partial charge >= 0.3 is 41.7 Å². The predicted molar refractivity (Wildman–Crippen MR) is 161 cm³/mol. The quantitative estimate of drug-likeness (QED) is 0.223. The summed E-state index contributed by atoms with van der Waals surface area (Å²) in [6.07, 6.45) is -5.41. The molecule has 2 aliphatic rings. The summed E-state index contributed by atoms with van der Waals surface area (Å²) >= 11 is 0. The van der Waals surface area contributed by atoms with Crippen LogP contribution in [-0.4, -0.2) is 106 Å². The van der Waals surface area contributed by atoms with E-state index >= 15 is 4.39 Å². The third-order valence-electron chi connectivity index (χ3n) is 7.66. The Morgan fingerprint density at radius 1 is 0.932 bits per heavy atom. The summed E-state index contributed by atoms with van der Waals surface area (Å²) in [5.41, 5.74) is 1.04. The summed E-state index contributed by atoms with van der Waals surface area (Å²) in [6.45, 7) is 1.87. The number of alkyl halides is 3. The summed E-state index contributed by atoms with van der Waals surface area (Å²) in [6, 6.07) is 15.5. The minimum atomic E-state index is -4.59. The van der Waals surface area contributed by atoms with E-state index in [1.165, 1.54) is 26.4 Å². The van der Waals surface area contributed by atoms with Crippen molar-refractivity contribution in [3.63, 3.8) is 0 Å². The molecule has 1 atom stereocenters. The molecule has 0 saturated carbocycles. The molecule has 1 fully saturated rings. The second kappa shape index (κ2) is 14.7. The van der Waals surface area contributed by atoms with E-state index in [2.05, 4.69) is 4.90 Å². The molecule has 0 aliphatic carbocycles. The molecular weight excluding hydrogens is 595 g/mol. The van der Waals surface area contributed by atoms with Crippen LogP contribution in [-0.2, 0) is 22.3 Å². The number of ether oxygens (including phenoxy) is 3. The van der Waals surface area contributed by atoms with E-state index in [9.17, 15) is 18.0 Å². The first-order chi connectivity index (χ1) is 20.1. The van der Waals surface area contributed by atoms with E-state index in [1.54, 1.807) is 29.0 Å². The number of esters is 1. The van der Waals surface area contributed by atoms with Crippen molar-refractivity contribution in [2.75, 3.05) is 68.8 Å². The maximum atomic E-state index is 15.4. The van der Waals surface area contributed by atoms with Crippen LogP contribution in [0.4, 0.5) is 34.6 Å². The summed E-state index contributed by atoms with van der Waals surface area (Å²) in [4.78, 5) is 20.2. The normalized spacial score (nSPS) is 16.8. The van der Waals surface area contributed by atoms with Crippen LogP contribution in [0.3, 0.4) is 0 Å². The summed E-state index contributed by atoms with van der Waals surface area (Å²) < 4.78 is 72.9. The van der Waals surface area contributed by atoms with Crippen LogP contribution in [0.5, 0.6) is 11.5 Å². The molecule has 44 heavy (non-hydrogen) atoms. The molecule has 3 aromatic carbocycles. The number of methoxy groups -OCH3 is 3. The third-order valence-corrected chi connectivity index (χ3v) is 7.66. The van der Waals surface area contributed by atoms with Crippen LogP contribution >= 0.6 is 0 Å². The van der Waals surface area contributed by atoms with Gasteiger partial charge in [-0.2, -0.15) is 13.2 Å². The van der Waals surface area contributed by atoms with Gasteiger partial charge in [-0.05, 0) is 42.0 Å². The zero-order valence-corrected chi connectivity index (χ0v) is 24.0. The Balaban J connectivity index is 0.00000264. The van der Waals surface area contributed by atoms with Crippen LogP contribution in [0, 0.1) is 5.82 Å². The Bertz CT molecular complexity index is 1440. The molecule has 14 heteroatoms. The Kier molecular flexibility index (Phi) is 11.8. The van der Waals surface area contributed by atoms with E-state index in [-0.39, 0.29) is 65.2 Å². The second-order valence-corrected chi connectivity index (χ2v) is 10.0. The van der Waals surface area contributed by atoms with Gasteiger partial charge in [0.05, 0.1) is 38.3 Å². The number of piperazine rings is 1. The van der Waals surface area contributed by atoms with Gasteiger partial charge in [-0.25, -0.2) is 4.39 Å². The molecule has 2 heterocycles. The molecule has 234 valence electrons. The standard InChI is InChI=1S/C30H32F4N4O4.Na.H2O.H/c1-40-23-8-5-7-22(17-23)35-12-14-36(15-13-35)29-37(25-16-21(30(32,33)34)10-11-26(25)41-2)18-20-6-4-9-24(31)28(20)38(29)19-27(39)42-3;;;/h4-11,16-17,29H,12-15,18-19H2,1-3H3;;1H2;. The number of rotatable bonds is 7. The molecule has 9 nitrogen and oxygen atoms in total. The van der Waals surface area contributed by atoms with Crippen LogP contribution < -0.4 is 24.2 Å². The number of carbonyl (C=O) groups is 1. The number of fused-ring (bicyclic) bond motifs is 1. The van der Waals surface area contributed by atoms with Crippen molar-refractivity contribution in [2.45, 2.75) is 19.0 Å². The molecule has 0 amide bonds. The minimum absolute atomic E-state index is 0. The topological polar surface area (TPSA) is 89.2 Å². The van der Waals surface area contributed by atoms with Gasteiger partial charge in [0.15, 0.2) is 6.29 Å². The number of benzene rings is 3. The number of hydrogen-bond donors (Lipinski definition) is 0. The molecule has 1 unspecified atom stereocenters. The van der Waals surface area contributed by atoms with Crippen molar-refractivity contribution >= 4 is 52.6 Å². The molecule has 0 bridgehead atoms. The molecule has 1 saturated heterocycles. The molecule has 0 aromatic heterocycles. The fourth-order valence-electron chi connectivity index (χ4n) is 5.64. The molecule has 2 aliphatic heterocycles. The number of anilines is 3. The van der Waals surface area contributed by atoms with Crippen molar-refractivity contribution in [2.24, 2.45) is 0 Å². The van der Waals surface area contributed by atoms with Gasteiger partial charge in [-0.3, -0.25) is 9.69 Å². The van der Waals surface area contributed by atoms with Crippen LogP contribution in [0.25, 0.3) is 0 Å². The number of carbonyl (C=O) groups excluding carboxylic acids is 1. The van der Waals surface area contributed by atoms with Crippen LogP contribution in [0.1, 0.15) is 11.1 Å². The summed E-state index contributed by atoms with van der Waals surface area (Å²) in [5, 5.41) is 0. The van der Waals surface area contributed by atoms with E-state index in [0.717, 1.165) is 23.6 Å². The summed E-state index contributed by atoms with van der Waals surface area (Å²) in [5.74, 6) is -0.198. The third kappa shape index (κ3) is 7.18. The maximum absolute atomic E-state index is 15.4. The van der Waals surface area contributed by atoms with Crippen molar-refractivity contribution in [3.8, 4) is 11.5 Å². The van der Waals surface area contributed by atoms with Gasteiger partial charge in [0, 0.05) is 44.5 Å². The fraction of sp³-hybridized carbons (Fsp3) is 0.367. The van der Waals surface area contributed by atoms with Crippen molar-refractivity contribution in [3.05, 3.63) is 77.6 Å². The fourth-order valence-corrected chi connectivity index (χ4v) is 5.64. The van der Waals surface area contributed by atoms with Gasteiger partial charge in [0.1, 0.15) is 23.9 Å². The molecule has 5 rings (SSSR count). The van der Waals surface area contributed by atoms with E-state index in [0.29, 0.717) is 31.7 Å². The van der Waals surface area contributed by atoms with Gasteiger partial charge in [0.25, 0.3) is 0 Å². The van der Waals surface area contributed by atoms with Gasteiger partial charge < -0.3 is 34.4 Å². The Hall–Kier alpha value is -3.23. The Morgan fingerprint density at radius 2 is 1.64 bits per heavy atom. The average molecular weight is 631 g/mol.